The summed E-state index contributed by atoms with van der Waals surface area (Å²) in [5.74, 6) is 1.65. The molecule has 1 radical (unpaired) electrons. The Hall–Kier alpha value is -0.141. The van der Waals surface area contributed by atoms with Crippen molar-refractivity contribution in [1.29, 1.82) is 0 Å². The van der Waals surface area contributed by atoms with E-state index in [1.807, 2.05) is 6.92 Å². The van der Waals surface area contributed by atoms with Crippen molar-refractivity contribution in [2.75, 3.05) is 0 Å². The fourth-order valence-corrected chi connectivity index (χ4v) is 2.99. The molecule has 0 heterocycles. The van der Waals surface area contributed by atoms with Gasteiger partial charge >= 0.3 is 5.97 Å². The molecule has 0 fully saturated rings. The Morgan fingerprint density at radius 2 is 1.30 bits per heavy atom. The van der Waals surface area contributed by atoms with E-state index >= 15 is 0 Å². The van der Waals surface area contributed by atoms with E-state index in [1.165, 1.54) is 51.0 Å². The van der Waals surface area contributed by atoms with Gasteiger partial charge in [-0.05, 0) is 37.5 Å². The maximum atomic E-state index is 10.5. The maximum absolute atomic E-state index is 10.5. The van der Waals surface area contributed by atoms with Crippen molar-refractivity contribution in [3.8, 4) is 0 Å². The number of carboxylic acid groups (broad SMARTS) is 1. The quantitative estimate of drug-likeness (QED) is 0.355. The molecule has 0 saturated heterocycles. The van der Waals surface area contributed by atoms with Crippen LogP contribution in [0.2, 0.25) is 0 Å². The minimum absolute atomic E-state index is 0. The van der Waals surface area contributed by atoms with E-state index < -0.39 is 5.97 Å². The Morgan fingerprint density at radius 1 is 0.870 bits per heavy atom. The van der Waals surface area contributed by atoms with Gasteiger partial charge in [-0.2, -0.15) is 0 Å². The summed E-state index contributed by atoms with van der Waals surface area (Å²) in [6.07, 6.45) is 12.7. The minimum atomic E-state index is -0.822. The van der Waals surface area contributed by atoms with Crippen LogP contribution in [0.25, 0.3) is 0 Å². The summed E-state index contributed by atoms with van der Waals surface area (Å²) in [6, 6.07) is 0. The number of carboxylic acids is 1. The Balaban J connectivity index is 0. The van der Waals surface area contributed by atoms with Crippen molar-refractivity contribution in [1.82, 2.24) is 0 Å². The molecule has 1 N–H and O–H groups in total. The van der Waals surface area contributed by atoms with E-state index in [-0.39, 0.29) is 20.1 Å². The first-order valence-electron chi connectivity index (χ1n) is 9.21. The van der Waals surface area contributed by atoms with E-state index in [0.29, 0.717) is 0 Å². The van der Waals surface area contributed by atoms with Gasteiger partial charge in [0.15, 0.2) is 0 Å². The van der Waals surface area contributed by atoms with Crippen LogP contribution in [0.15, 0.2) is 11.6 Å². The number of hydrogen-bond donors (Lipinski definition) is 1. The van der Waals surface area contributed by atoms with Crippen LogP contribution in [0.5, 0.6) is 0 Å². The molecule has 0 bridgehead atoms. The SMILES string of the molecule is C/C(=C\C(=O)O)CCC[C@H](C)CCC[C@H](C)CCCC(C)C.[Tc]. The molecule has 0 aromatic rings. The summed E-state index contributed by atoms with van der Waals surface area (Å²) < 4.78 is 0. The van der Waals surface area contributed by atoms with Crippen molar-refractivity contribution in [2.24, 2.45) is 17.8 Å². The van der Waals surface area contributed by atoms with E-state index in [0.717, 1.165) is 36.2 Å². The number of carbonyl (C=O) groups is 1. The molecular formula is C20H38O2Tc. The van der Waals surface area contributed by atoms with Crippen molar-refractivity contribution < 1.29 is 30.0 Å². The molecule has 0 rings (SSSR count). The van der Waals surface area contributed by atoms with Gasteiger partial charge < -0.3 is 5.11 Å². The van der Waals surface area contributed by atoms with Gasteiger partial charge in [0.05, 0.1) is 0 Å². The van der Waals surface area contributed by atoms with Gasteiger partial charge in [0, 0.05) is 26.2 Å². The van der Waals surface area contributed by atoms with Crippen molar-refractivity contribution in [3.63, 3.8) is 0 Å². The Bertz CT molecular complexity index is 324. The summed E-state index contributed by atoms with van der Waals surface area (Å²) in [4.78, 5) is 10.5. The van der Waals surface area contributed by atoms with E-state index in [1.54, 1.807) is 0 Å². The summed E-state index contributed by atoms with van der Waals surface area (Å²) in [6.45, 7) is 11.3. The second-order valence-corrected chi connectivity index (χ2v) is 7.69. The number of allylic oxidation sites excluding steroid dienone is 1. The largest absolute Gasteiger partial charge is 0.478 e. The van der Waals surface area contributed by atoms with Gasteiger partial charge in [-0.3, -0.25) is 0 Å². The van der Waals surface area contributed by atoms with Gasteiger partial charge in [0.1, 0.15) is 0 Å². The number of aliphatic carboxylic acids is 1. The summed E-state index contributed by atoms with van der Waals surface area (Å²) in [5.41, 5.74) is 0.985. The Kier molecular flexibility index (Phi) is 16.8. The molecule has 0 spiro atoms. The zero-order valence-electron chi connectivity index (χ0n) is 15.9. The third kappa shape index (κ3) is 18.0. The fraction of sp³-hybridized carbons (Fsp3) is 0.850. The van der Waals surface area contributed by atoms with Crippen LogP contribution in [-0.2, 0) is 24.9 Å². The average molecular weight is 409 g/mol. The maximum Gasteiger partial charge on any atom is 0.328 e. The van der Waals surface area contributed by atoms with Crippen LogP contribution < -0.4 is 0 Å². The standard InChI is InChI=1S/C20H38O2.Tc/c1-16(2)9-6-10-17(3)11-7-12-18(4)13-8-14-19(5)15-20(21)22;/h15-18H,6-14H2,1-5H3,(H,21,22);/b19-15+;/t17-,18-;/m1./s1. The molecule has 2 atom stereocenters. The summed E-state index contributed by atoms with van der Waals surface area (Å²) in [7, 11) is 0. The van der Waals surface area contributed by atoms with Gasteiger partial charge in [-0.15, -0.1) is 0 Å². The number of hydrogen-bond acceptors (Lipinski definition) is 1. The van der Waals surface area contributed by atoms with E-state index in [2.05, 4.69) is 27.7 Å². The Labute approximate surface area is 157 Å². The predicted molar refractivity (Wildman–Crippen MR) is 96.1 cm³/mol. The summed E-state index contributed by atoms with van der Waals surface area (Å²) in [5, 5.41) is 8.68. The van der Waals surface area contributed by atoms with Gasteiger partial charge in [-0.25, -0.2) is 4.79 Å². The second kappa shape index (κ2) is 15.4. The summed E-state index contributed by atoms with van der Waals surface area (Å²) >= 11 is 0. The van der Waals surface area contributed by atoms with Gasteiger partial charge in [0.25, 0.3) is 0 Å². The minimum Gasteiger partial charge on any atom is -0.478 e. The molecule has 0 aliphatic heterocycles. The number of rotatable bonds is 13. The molecule has 0 aromatic heterocycles. The predicted octanol–water partition coefficient (Wildman–Crippen LogP) is 6.45. The normalized spacial score (nSPS) is 14.4. The molecule has 0 aliphatic carbocycles. The molecule has 0 unspecified atom stereocenters. The van der Waals surface area contributed by atoms with Crippen molar-refractivity contribution in [3.05, 3.63) is 11.6 Å². The van der Waals surface area contributed by atoms with Gasteiger partial charge in [0.2, 0.25) is 0 Å². The topological polar surface area (TPSA) is 37.3 Å². The molecule has 0 saturated carbocycles. The van der Waals surface area contributed by atoms with Crippen LogP contribution in [0.4, 0.5) is 0 Å². The third-order valence-corrected chi connectivity index (χ3v) is 4.51. The van der Waals surface area contributed by atoms with Crippen LogP contribution in [0.3, 0.4) is 0 Å². The van der Waals surface area contributed by atoms with Crippen LogP contribution in [0.1, 0.15) is 92.4 Å². The molecule has 23 heavy (non-hydrogen) atoms. The fourth-order valence-electron chi connectivity index (χ4n) is 2.99. The average Bonchev–Trinajstić information content (AvgIpc) is 2.37. The first kappa shape index (κ1) is 25.1. The third-order valence-electron chi connectivity index (χ3n) is 4.51. The van der Waals surface area contributed by atoms with Crippen LogP contribution >= 0.6 is 0 Å². The molecule has 0 aliphatic rings. The van der Waals surface area contributed by atoms with E-state index in [9.17, 15) is 4.79 Å². The Morgan fingerprint density at radius 3 is 1.74 bits per heavy atom. The first-order valence-corrected chi connectivity index (χ1v) is 9.21. The monoisotopic (exact) mass is 407 g/mol. The van der Waals surface area contributed by atoms with Crippen molar-refractivity contribution >= 4 is 5.97 Å². The second-order valence-electron chi connectivity index (χ2n) is 7.69. The zero-order valence-corrected chi connectivity index (χ0v) is 17.8. The molecular weight excluding hydrogens is 370 g/mol. The van der Waals surface area contributed by atoms with Crippen LogP contribution in [0, 0.1) is 17.8 Å². The molecule has 0 amide bonds. The molecule has 2 nitrogen and oxygen atoms in total. The van der Waals surface area contributed by atoms with Gasteiger partial charge in [-0.1, -0.05) is 78.2 Å². The molecule has 0 aromatic carbocycles. The van der Waals surface area contributed by atoms with Crippen LogP contribution in [-0.4, -0.2) is 11.1 Å². The molecule has 137 valence electrons. The smallest absolute Gasteiger partial charge is 0.328 e. The first-order chi connectivity index (χ1) is 10.3. The van der Waals surface area contributed by atoms with Crippen molar-refractivity contribution in [2.45, 2.75) is 92.4 Å². The zero-order chi connectivity index (χ0) is 17.0. The molecule has 3 heteroatoms. The van der Waals surface area contributed by atoms with E-state index in [4.69, 9.17) is 5.11 Å².